The minimum absolute atomic E-state index is 0.242. The predicted molar refractivity (Wildman–Crippen MR) is 67.2 cm³/mol. The lowest BCUT2D eigenvalue weighted by Gasteiger charge is -2.38. The number of rotatable bonds is 3. The number of aliphatic carboxylic acids is 1. The van der Waals surface area contributed by atoms with Gasteiger partial charge >= 0.3 is 5.97 Å². The first-order valence-corrected chi connectivity index (χ1v) is 6.85. The minimum atomic E-state index is -1.03. The van der Waals surface area contributed by atoms with Crippen molar-refractivity contribution in [3.05, 3.63) is 0 Å². The molecular formula is C13H22N2O3. The quantitative estimate of drug-likeness (QED) is 0.757. The zero-order valence-corrected chi connectivity index (χ0v) is 11.0. The van der Waals surface area contributed by atoms with Crippen molar-refractivity contribution < 1.29 is 14.7 Å². The van der Waals surface area contributed by atoms with Gasteiger partial charge in [-0.3, -0.25) is 14.5 Å². The van der Waals surface area contributed by atoms with E-state index in [0.29, 0.717) is 19.1 Å². The number of carboxylic acid groups (broad SMARTS) is 1. The van der Waals surface area contributed by atoms with E-state index in [-0.39, 0.29) is 5.91 Å². The van der Waals surface area contributed by atoms with Crippen molar-refractivity contribution in [1.29, 1.82) is 0 Å². The molecule has 1 N–H and O–H groups in total. The van der Waals surface area contributed by atoms with E-state index >= 15 is 0 Å². The molecule has 1 saturated heterocycles. The van der Waals surface area contributed by atoms with Crippen LogP contribution in [0.15, 0.2) is 0 Å². The van der Waals surface area contributed by atoms with Crippen molar-refractivity contribution >= 4 is 11.9 Å². The molecule has 2 fully saturated rings. The molecule has 5 heteroatoms. The first-order chi connectivity index (χ1) is 8.59. The van der Waals surface area contributed by atoms with E-state index in [2.05, 4.69) is 4.90 Å². The highest BCUT2D eigenvalue weighted by molar-refractivity contribution is 5.96. The van der Waals surface area contributed by atoms with E-state index in [0.717, 1.165) is 13.1 Å². The summed E-state index contributed by atoms with van der Waals surface area (Å²) in [6.45, 7) is 4.60. The van der Waals surface area contributed by atoms with Gasteiger partial charge in [0.2, 0.25) is 5.91 Å². The average Bonchev–Trinajstić information content (AvgIpc) is 2.91. The lowest BCUT2D eigenvalue weighted by atomic mass is 10.1. The zero-order chi connectivity index (χ0) is 13.1. The molecule has 1 aliphatic heterocycles. The molecule has 1 heterocycles. The van der Waals surface area contributed by atoms with E-state index < -0.39 is 11.9 Å². The molecule has 1 atom stereocenters. The second kappa shape index (κ2) is 5.69. The summed E-state index contributed by atoms with van der Waals surface area (Å²) in [7, 11) is 0. The Labute approximate surface area is 108 Å². The van der Waals surface area contributed by atoms with E-state index in [1.54, 1.807) is 4.90 Å². The van der Waals surface area contributed by atoms with E-state index in [4.69, 9.17) is 5.11 Å². The van der Waals surface area contributed by atoms with Gasteiger partial charge in [-0.25, -0.2) is 0 Å². The van der Waals surface area contributed by atoms with Crippen LogP contribution in [0.2, 0.25) is 0 Å². The normalized spacial score (nSPS) is 24.2. The Hall–Kier alpha value is -1.10. The summed E-state index contributed by atoms with van der Waals surface area (Å²) < 4.78 is 0. The van der Waals surface area contributed by atoms with Crippen LogP contribution in [-0.4, -0.2) is 59.0 Å². The Balaban J connectivity index is 1.82. The van der Waals surface area contributed by atoms with Gasteiger partial charge in [0.05, 0.1) is 0 Å². The highest BCUT2D eigenvalue weighted by atomic mass is 16.4. The maximum absolute atomic E-state index is 11.9. The maximum atomic E-state index is 11.9. The topological polar surface area (TPSA) is 60.9 Å². The number of carbonyl (C=O) groups excluding carboxylic acids is 1. The van der Waals surface area contributed by atoms with Crippen molar-refractivity contribution in [2.75, 3.05) is 26.2 Å². The lowest BCUT2D eigenvalue weighted by molar-refractivity contribution is -0.151. The van der Waals surface area contributed by atoms with Crippen molar-refractivity contribution in [1.82, 2.24) is 9.80 Å². The Bertz CT molecular complexity index is 318. The van der Waals surface area contributed by atoms with E-state index in [9.17, 15) is 9.59 Å². The molecule has 1 unspecified atom stereocenters. The summed E-state index contributed by atoms with van der Waals surface area (Å²) in [4.78, 5) is 26.9. The lowest BCUT2D eigenvalue weighted by Crippen LogP contribution is -2.53. The second-order valence-corrected chi connectivity index (χ2v) is 5.36. The van der Waals surface area contributed by atoms with Crippen molar-refractivity contribution in [2.45, 2.75) is 38.6 Å². The van der Waals surface area contributed by atoms with Gasteiger partial charge < -0.3 is 10.0 Å². The van der Waals surface area contributed by atoms with Crippen LogP contribution in [0.3, 0.4) is 0 Å². The molecule has 2 aliphatic rings. The average molecular weight is 254 g/mol. The number of nitrogens with zero attached hydrogens (tertiary/aromatic N) is 2. The minimum Gasteiger partial charge on any atom is -0.481 e. The van der Waals surface area contributed by atoms with Crippen LogP contribution in [0.25, 0.3) is 0 Å². The molecule has 0 spiro atoms. The first kappa shape index (κ1) is 13.3. The van der Waals surface area contributed by atoms with Crippen molar-refractivity contribution in [3.63, 3.8) is 0 Å². The van der Waals surface area contributed by atoms with Gasteiger partial charge in [0.15, 0.2) is 0 Å². The maximum Gasteiger partial charge on any atom is 0.315 e. The molecule has 102 valence electrons. The van der Waals surface area contributed by atoms with Crippen LogP contribution in [0.4, 0.5) is 0 Å². The zero-order valence-electron chi connectivity index (χ0n) is 11.0. The Kier molecular flexibility index (Phi) is 4.22. The number of piperazine rings is 1. The molecule has 0 bridgehead atoms. The third-order valence-corrected chi connectivity index (χ3v) is 4.21. The summed E-state index contributed by atoms with van der Waals surface area (Å²) in [5.74, 6) is -2.19. The molecule has 0 aromatic rings. The van der Waals surface area contributed by atoms with Gasteiger partial charge in [-0.15, -0.1) is 0 Å². The van der Waals surface area contributed by atoms with Crippen LogP contribution in [0.1, 0.15) is 32.6 Å². The molecule has 0 aromatic heterocycles. The molecule has 0 radical (unpaired) electrons. The highest BCUT2D eigenvalue weighted by Crippen LogP contribution is 2.24. The van der Waals surface area contributed by atoms with Gasteiger partial charge in [-0.2, -0.15) is 0 Å². The predicted octanol–water partition coefficient (Wildman–Crippen LogP) is 0.794. The van der Waals surface area contributed by atoms with Gasteiger partial charge in [0.25, 0.3) is 0 Å². The van der Waals surface area contributed by atoms with Gasteiger partial charge in [0, 0.05) is 32.2 Å². The highest BCUT2D eigenvalue weighted by Gasteiger charge is 2.31. The van der Waals surface area contributed by atoms with Crippen molar-refractivity contribution in [2.24, 2.45) is 5.92 Å². The SMILES string of the molecule is CC(C(=O)O)C(=O)N1CCN(C2CCCC2)CC1. The fraction of sp³-hybridized carbons (Fsp3) is 0.846. The molecular weight excluding hydrogens is 232 g/mol. The second-order valence-electron chi connectivity index (χ2n) is 5.36. The third kappa shape index (κ3) is 2.83. The van der Waals surface area contributed by atoms with Crippen LogP contribution in [0, 0.1) is 5.92 Å². The van der Waals surface area contributed by atoms with Gasteiger partial charge in [-0.05, 0) is 19.8 Å². The Morgan fingerprint density at radius 3 is 2.17 bits per heavy atom. The molecule has 0 aromatic carbocycles. The van der Waals surface area contributed by atoms with Crippen molar-refractivity contribution in [3.8, 4) is 0 Å². The van der Waals surface area contributed by atoms with Crippen LogP contribution in [-0.2, 0) is 9.59 Å². The molecule has 5 nitrogen and oxygen atoms in total. The molecule has 2 rings (SSSR count). The number of hydrogen-bond acceptors (Lipinski definition) is 3. The number of hydrogen-bond donors (Lipinski definition) is 1. The number of amides is 1. The standard InChI is InChI=1S/C13H22N2O3/c1-10(13(17)18)12(16)15-8-6-14(7-9-15)11-4-2-3-5-11/h10-11H,2-9H2,1H3,(H,17,18). The fourth-order valence-corrected chi connectivity index (χ4v) is 2.96. The molecule has 1 aliphatic carbocycles. The van der Waals surface area contributed by atoms with Crippen LogP contribution >= 0.6 is 0 Å². The molecule has 1 saturated carbocycles. The first-order valence-electron chi connectivity index (χ1n) is 6.85. The monoisotopic (exact) mass is 254 g/mol. The summed E-state index contributed by atoms with van der Waals surface area (Å²) >= 11 is 0. The summed E-state index contributed by atoms with van der Waals surface area (Å²) in [6, 6.07) is 0.694. The summed E-state index contributed by atoms with van der Waals surface area (Å²) in [6.07, 6.45) is 5.19. The van der Waals surface area contributed by atoms with E-state index in [1.165, 1.54) is 32.6 Å². The molecule has 18 heavy (non-hydrogen) atoms. The van der Waals surface area contributed by atoms with Crippen LogP contribution in [0.5, 0.6) is 0 Å². The number of carbonyl (C=O) groups is 2. The summed E-state index contributed by atoms with van der Waals surface area (Å²) in [5, 5.41) is 8.85. The van der Waals surface area contributed by atoms with E-state index in [1.807, 2.05) is 0 Å². The summed E-state index contributed by atoms with van der Waals surface area (Å²) in [5.41, 5.74) is 0. The number of carboxylic acids is 1. The van der Waals surface area contributed by atoms with Crippen LogP contribution < -0.4 is 0 Å². The molecule has 1 amide bonds. The Morgan fingerprint density at radius 1 is 1.11 bits per heavy atom. The largest absolute Gasteiger partial charge is 0.481 e. The smallest absolute Gasteiger partial charge is 0.315 e. The van der Waals surface area contributed by atoms with Gasteiger partial charge in [0.1, 0.15) is 5.92 Å². The fourth-order valence-electron chi connectivity index (χ4n) is 2.96. The Morgan fingerprint density at radius 2 is 1.67 bits per heavy atom. The third-order valence-electron chi connectivity index (χ3n) is 4.21. The van der Waals surface area contributed by atoms with Gasteiger partial charge in [-0.1, -0.05) is 12.8 Å².